The fourth-order valence-electron chi connectivity index (χ4n) is 4.12. The summed E-state index contributed by atoms with van der Waals surface area (Å²) < 4.78 is 7.29. The van der Waals surface area contributed by atoms with Crippen molar-refractivity contribution in [3.8, 4) is 11.6 Å². The first-order valence-electron chi connectivity index (χ1n) is 11.1. The Morgan fingerprint density at radius 3 is 2.54 bits per heavy atom. The van der Waals surface area contributed by atoms with Crippen LogP contribution in [0.3, 0.4) is 0 Å². The van der Waals surface area contributed by atoms with Gasteiger partial charge in [-0.15, -0.1) is 10.2 Å². The molecule has 0 unspecified atom stereocenters. The molecule has 0 aliphatic heterocycles. The van der Waals surface area contributed by atoms with E-state index in [1.165, 1.54) is 0 Å². The van der Waals surface area contributed by atoms with Crippen molar-refractivity contribution in [1.29, 1.82) is 0 Å². The van der Waals surface area contributed by atoms with Crippen LogP contribution >= 0.6 is 11.6 Å². The van der Waals surface area contributed by atoms with Gasteiger partial charge in [0.25, 0.3) is 0 Å². The van der Waals surface area contributed by atoms with E-state index in [1.54, 1.807) is 22.8 Å². The number of carbonyl (C=O) groups excluding carboxylic acids is 1. The fraction of sp³-hybridized carbons (Fsp3) is 0.107. The van der Waals surface area contributed by atoms with Crippen LogP contribution in [0.5, 0.6) is 11.6 Å². The molecule has 4 aromatic carbocycles. The number of fused-ring (bicyclic) bond motifs is 2. The second kappa shape index (κ2) is 9.60. The molecule has 1 heterocycles. The van der Waals surface area contributed by atoms with Gasteiger partial charge in [0.15, 0.2) is 12.3 Å². The zero-order chi connectivity index (χ0) is 24.4. The quantitative estimate of drug-likeness (QED) is 0.259. The number of halogens is 1. The highest BCUT2D eigenvalue weighted by Gasteiger charge is 2.18. The summed E-state index contributed by atoms with van der Waals surface area (Å²) in [6, 6.07) is 26.9. The minimum atomic E-state index is -0.567. The molecule has 6 nitrogen and oxygen atoms in total. The normalized spacial score (nSPS) is 11.5. The van der Waals surface area contributed by atoms with Crippen LogP contribution in [0.25, 0.3) is 21.7 Å². The standard InChI is InChI=1S/C28H22ClN3O3/c1-18-15-21(13-14-24(18)29)35-17-26(33)30-31-27-23-11-4-5-12-25(23)32(28(27)34)16-20-9-6-8-19-7-2-3-10-22(19)20/h2-15,34H,16-17H2,1H3. The lowest BCUT2D eigenvalue weighted by Crippen LogP contribution is -2.07. The average Bonchev–Trinajstić information content (AvgIpc) is 3.14. The van der Waals surface area contributed by atoms with Gasteiger partial charge in [-0.25, -0.2) is 0 Å². The van der Waals surface area contributed by atoms with Crippen LogP contribution in [-0.2, 0) is 11.3 Å². The van der Waals surface area contributed by atoms with Crippen molar-refractivity contribution in [2.75, 3.05) is 6.61 Å². The number of rotatable bonds is 6. The molecule has 0 aliphatic carbocycles. The van der Waals surface area contributed by atoms with Gasteiger partial charge < -0.3 is 14.4 Å². The van der Waals surface area contributed by atoms with E-state index in [-0.39, 0.29) is 18.2 Å². The molecule has 174 valence electrons. The Kier molecular flexibility index (Phi) is 6.21. The molecule has 1 N–H and O–H groups in total. The van der Waals surface area contributed by atoms with Crippen LogP contribution in [0.15, 0.2) is 95.2 Å². The number of ether oxygens (including phenoxy) is 1. The molecule has 1 amide bonds. The minimum absolute atomic E-state index is 0.0510. The van der Waals surface area contributed by atoms with Gasteiger partial charge in [0.2, 0.25) is 5.88 Å². The van der Waals surface area contributed by atoms with Crippen LogP contribution in [0.1, 0.15) is 11.1 Å². The summed E-state index contributed by atoms with van der Waals surface area (Å²) >= 11 is 6.02. The molecule has 0 saturated heterocycles. The van der Waals surface area contributed by atoms with Gasteiger partial charge >= 0.3 is 5.91 Å². The van der Waals surface area contributed by atoms with Crippen molar-refractivity contribution in [1.82, 2.24) is 4.57 Å². The number of amides is 1. The lowest BCUT2D eigenvalue weighted by Gasteiger charge is -2.10. The van der Waals surface area contributed by atoms with Crippen LogP contribution in [0.2, 0.25) is 5.02 Å². The summed E-state index contributed by atoms with van der Waals surface area (Å²) in [7, 11) is 0. The maximum Gasteiger partial charge on any atom is 0.302 e. The number of aromatic hydroxyl groups is 1. The van der Waals surface area contributed by atoms with E-state index in [0.29, 0.717) is 22.7 Å². The van der Waals surface area contributed by atoms with E-state index >= 15 is 0 Å². The van der Waals surface area contributed by atoms with E-state index in [2.05, 4.69) is 28.4 Å². The van der Waals surface area contributed by atoms with E-state index in [1.807, 2.05) is 55.5 Å². The number of hydrogen-bond acceptors (Lipinski definition) is 4. The molecule has 7 heteroatoms. The SMILES string of the molecule is Cc1cc(OCC(=O)N=Nc2c(O)n(Cc3cccc4ccccc34)c3ccccc23)ccc1Cl. The van der Waals surface area contributed by atoms with Gasteiger partial charge in [0.05, 0.1) is 12.1 Å². The molecule has 0 atom stereocenters. The number of benzene rings is 4. The summed E-state index contributed by atoms with van der Waals surface area (Å²) in [5, 5.41) is 22.5. The Morgan fingerprint density at radius 1 is 0.971 bits per heavy atom. The van der Waals surface area contributed by atoms with E-state index in [4.69, 9.17) is 16.3 Å². The number of hydrogen-bond donors (Lipinski definition) is 1. The first kappa shape index (κ1) is 22.6. The number of carbonyl (C=O) groups is 1. The molecular weight excluding hydrogens is 462 g/mol. The molecule has 1 aromatic heterocycles. The highest BCUT2D eigenvalue weighted by Crippen LogP contribution is 2.39. The van der Waals surface area contributed by atoms with Gasteiger partial charge in [-0.3, -0.25) is 4.79 Å². The number of aryl methyl sites for hydroxylation is 1. The maximum absolute atomic E-state index is 12.3. The third-order valence-corrected chi connectivity index (χ3v) is 6.30. The second-order valence-electron chi connectivity index (χ2n) is 8.21. The molecule has 0 bridgehead atoms. The van der Waals surface area contributed by atoms with Gasteiger partial charge in [0, 0.05) is 10.4 Å². The molecule has 0 radical (unpaired) electrons. The number of para-hydroxylation sites is 1. The number of aromatic nitrogens is 1. The molecule has 0 spiro atoms. The second-order valence-corrected chi connectivity index (χ2v) is 8.61. The zero-order valence-corrected chi connectivity index (χ0v) is 19.7. The lowest BCUT2D eigenvalue weighted by atomic mass is 10.0. The van der Waals surface area contributed by atoms with Gasteiger partial charge in [0.1, 0.15) is 5.75 Å². The topological polar surface area (TPSA) is 76.2 Å². The Hall–Kier alpha value is -4.16. The van der Waals surface area contributed by atoms with E-state index in [0.717, 1.165) is 27.4 Å². The molecule has 35 heavy (non-hydrogen) atoms. The van der Waals surface area contributed by atoms with E-state index < -0.39 is 5.91 Å². The van der Waals surface area contributed by atoms with Crippen molar-refractivity contribution < 1.29 is 14.6 Å². The number of nitrogens with zero attached hydrogens (tertiary/aromatic N) is 3. The van der Waals surface area contributed by atoms with Crippen molar-refractivity contribution in [2.24, 2.45) is 10.2 Å². The predicted octanol–water partition coefficient (Wildman–Crippen LogP) is 7.20. The largest absolute Gasteiger partial charge is 0.493 e. The van der Waals surface area contributed by atoms with Crippen molar-refractivity contribution in [3.63, 3.8) is 0 Å². The van der Waals surface area contributed by atoms with Crippen LogP contribution in [0, 0.1) is 6.92 Å². The molecule has 5 rings (SSSR count). The Bertz CT molecular complexity index is 1580. The Balaban J connectivity index is 1.42. The Morgan fingerprint density at radius 2 is 1.71 bits per heavy atom. The fourth-order valence-corrected chi connectivity index (χ4v) is 4.24. The zero-order valence-electron chi connectivity index (χ0n) is 19.0. The molecule has 0 saturated carbocycles. The monoisotopic (exact) mass is 483 g/mol. The van der Waals surface area contributed by atoms with Crippen molar-refractivity contribution in [2.45, 2.75) is 13.5 Å². The third-order valence-electron chi connectivity index (χ3n) is 5.88. The molecular formula is C28H22ClN3O3. The first-order valence-corrected chi connectivity index (χ1v) is 11.5. The highest BCUT2D eigenvalue weighted by molar-refractivity contribution is 6.31. The van der Waals surface area contributed by atoms with Gasteiger partial charge in [-0.2, -0.15) is 0 Å². The van der Waals surface area contributed by atoms with E-state index in [9.17, 15) is 9.90 Å². The van der Waals surface area contributed by atoms with Crippen molar-refractivity contribution >= 4 is 44.9 Å². The summed E-state index contributed by atoms with van der Waals surface area (Å²) in [5.74, 6) is -0.0993. The maximum atomic E-state index is 12.3. The van der Waals surface area contributed by atoms with Crippen LogP contribution in [-0.4, -0.2) is 22.2 Å². The van der Waals surface area contributed by atoms with Crippen molar-refractivity contribution in [3.05, 3.63) is 101 Å². The first-order chi connectivity index (χ1) is 17.0. The van der Waals surface area contributed by atoms with Gasteiger partial charge in [-0.05, 0) is 53.1 Å². The number of azo groups is 1. The summed E-state index contributed by atoms with van der Waals surface area (Å²) in [4.78, 5) is 12.3. The third kappa shape index (κ3) is 4.61. The average molecular weight is 484 g/mol. The molecule has 0 fully saturated rings. The smallest absolute Gasteiger partial charge is 0.302 e. The lowest BCUT2D eigenvalue weighted by molar-refractivity contribution is -0.120. The predicted molar refractivity (Wildman–Crippen MR) is 138 cm³/mol. The summed E-state index contributed by atoms with van der Waals surface area (Å²) in [6.07, 6.45) is 0. The van der Waals surface area contributed by atoms with Crippen LogP contribution in [0.4, 0.5) is 5.69 Å². The summed E-state index contributed by atoms with van der Waals surface area (Å²) in [6.45, 7) is 2.02. The Labute approximate surface area is 207 Å². The van der Waals surface area contributed by atoms with Crippen LogP contribution < -0.4 is 4.74 Å². The highest BCUT2D eigenvalue weighted by atomic mass is 35.5. The summed E-state index contributed by atoms with van der Waals surface area (Å²) in [5.41, 5.74) is 2.95. The van der Waals surface area contributed by atoms with Gasteiger partial charge in [-0.1, -0.05) is 72.3 Å². The molecule has 0 aliphatic rings. The minimum Gasteiger partial charge on any atom is -0.493 e. The molecule has 5 aromatic rings.